The van der Waals surface area contributed by atoms with Crippen molar-refractivity contribution in [1.82, 2.24) is 10.3 Å². The molecule has 108 valence electrons. The molecule has 0 aliphatic rings. The zero-order chi connectivity index (χ0) is 14.1. The maximum atomic E-state index is 5.09. The van der Waals surface area contributed by atoms with Crippen LogP contribution in [-0.2, 0) is 11.3 Å². The third-order valence-corrected chi connectivity index (χ3v) is 3.01. The SMILES string of the molecule is COCCCN(C)c1cnccc1CNCC(C)C. The first kappa shape index (κ1) is 15.9. The van der Waals surface area contributed by atoms with Crippen molar-refractivity contribution in [3.63, 3.8) is 0 Å². The lowest BCUT2D eigenvalue weighted by atomic mass is 10.2. The highest BCUT2D eigenvalue weighted by atomic mass is 16.5. The van der Waals surface area contributed by atoms with Crippen molar-refractivity contribution >= 4 is 5.69 Å². The second kappa shape index (κ2) is 8.88. The van der Waals surface area contributed by atoms with Gasteiger partial charge in [-0.25, -0.2) is 0 Å². The Morgan fingerprint density at radius 1 is 1.42 bits per heavy atom. The van der Waals surface area contributed by atoms with Crippen LogP contribution in [0.15, 0.2) is 18.5 Å². The van der Waals surface area contributed by atoms with E-state index in [0.29, 0.717) is 5.92 Å². The highest BCUT2D eigenvalue weighted by molar-refractivity contribution is 5.50. The van der Waals surface area contributed by atoms with Crippen LogP contribution in [0.4, 0.5) is 5.69 Å². The van der Waals surface area contributed by atoms with Gasteiger partial charge in [-0.1, -0.05) is 13.8 Å². The summed E-state index contributed by atoms with van der Waals surface area (Å²) in [7, 11) is 3.85. The molecule has 0 amide bonds. The highest BCUT2D eigenvalue weighted by Crippen LogP contribution is 2.17. The van der Waals surface area contributed by atoms with Crippen molar-refractivity contribution in [3.8, 4) is 0 Å². The Hall–Kier alpha value is -1.13. The van der Waals surface area contributed by atoms with Crippen LogP contribution in [0.5, 0.6) is 0 Å². The van der Waals surface area contributed by atoms with Crippen LogP contribution in [0.1, 0.15) is 25.8 Å². The predicted molar refractivity (Wildman–Crippen MR) is 80.5 cm³/mol. The summed E-state index contributed by atoms with van der Waals surface area (Å²) < 4.78 is 5.09. The number of methoxy groups -OCH3 is 1. The molecule has 1 rings (SSSR count). The maximum Gasteiger partial charge on any atom is 0.0595 e. The Bertz CT molecular complexity index is 355. The first-order chi connectivity index (χ1) is 9.15. The van der Waals surface area contributed by atoms with Crippen LogP contribution in [0, 0.1) is 5.92 Å². The van der Waals surface area contributed by atoms with Gasteiger partial charge in [0.25, 0.3) is 0 Å². The van der Waals surface area contributed by atoms with E-state index in [-0.39, 0.29) is 0 Å². The van der Waals surface area contributed by atoms with Gasteiger partial charge in [-0.05, 0) is 30.5 Å². The molecule has 0 aromatic carbocycles. The number of pyridine rings is 1. The second-order valence-electron chi connectivity index (χ2n) is 5.30. The number of aromatic nitrogens is 1. The molecule has 0 saturated carbocycles. The molecule has 19 heavy (non-hydrogen) atoms. The van der Waals surface area contributed by atoms with Crippen molar-refractivity contribution in [2.24, 2.45) is 5.92 Å². The van der Waals surface area contributed by atoms with Crippen LogP contribution < -0.4 is 10.2 Å². The summed E-state index contributed by atoms with van der Waals surface area (Å²) in [5.74, 6) is 0.671. The van der Waals surface area contributed by atoms with Gasteiger partial charge in [0.15, 0.2) is 0 Å². The zero-order valence-electron chi connectivity index (χ0n) is 12.6. The van der Waals surface area contributed by atoms with Gasteiger partial charge in [-0.2, -0.15) is 0 Å². The molecular formula is C15H27N3O. The normalized spacial score (nSPS) is 11.0. The van der Waals surface area contributed by atoms with E-state index in [2.05, 4.69) is 42.2 Å². The summed E-state index contributed by atoms with van der Waals surface area (Å²) in [4.78, 5) is 6.49. The Kier molecular flexibility index (Phi) is 7.45. The van der Waals surface area contributed by atoms with Crippen molar-refractivity contribution in [2.45, 2.75) is 26.8 Å². The Labute approximate surface area is 117 Å². The molecule has 0 atom stereocenters. The van der Waals surface area contributed by atoms with E-state index < -0.39 is 0 Å². The summed E-state index contributed by atoms with van der Waals surface area (Å²) in [6, 6.07) is 2.09. The lowest BCUT2D eigenvalue weighted by Gasteiger charge is -2.22. The molecule has 0 fully saturated rings. The molecule has 4 nitrogen and oxygen atoms in total. The van der Waals surface area contributed by atoms with Crippen LogP contribution >= 0.6 is 0 Å². The average molecular weight is 265 g/mol. The third-order valence-electron chi connectivity index (χ3n) is 3.01. The van der Waals surface area contributed by atoms with Crippen molar-refractivity contribution in [3.05, 3.63) is 24.0 Å². The van der Waals surface area contributed by atoms with E-state index in [4.69, 9.17) is 4.74 Å². The predicted octanol–water partition coefficient (Wildman–Crippen LogP) is 2.30. The molecule has 4 heteroatoms. The minimum atomic E-state index is 0.671. The van der Waals surface area contributed by atoms with E-state index in [1.807, 2.05) is 12.4 Å². The lowest BCUT2D eigenvalue weighted by molar-refractivity contribution is 0.196. The number of ether oxygens (including phenoxy) is 1. The summed E-state index contributed by atoms with van der Waals surface area (Å²) in [5, 5.41) is 3.48. The van der Waals surface area contributed by atoms with Gasteiger partial charge in [0, 0.05) is 40.1 Å². The number of hydrogen-bond donors (Lipinski definition) is 1. The van der Waals surface area contributed by atoms with E-state index in [1.54, 1.807) is 7.11 Å². The zero-order valence-corrected chi connectivity index (χ0v) is 12.6. The number of anilines is 1. The molecule has 1 aromatic heterocycles. The van der Waals surface area contributed by atoms with Gasteiger partial charge < -0.3 is 15.0 Å². The fourth-order valence-electron chi connectivity index (χ4n) is 1.97. The van der Waals surface area contributed by atoms with Crippen molar-refractivity contribution < 1.29 is 4.74 Å². The highest BCUT2D eigenvalue weighted by Gasteiger charge is 2.07. The molecular weight excluding hydrogens is 238 g/mol. The first-order valence-corrected chi connectivity index (χ1v) is 6.98. The minimum Gasteiger partial charge on any atom is -0.385 e. The van der Waals surface area contributed by atoms with Gasteiger partial charge in [0.1, 0.15) is 0 Å². The smallest absolute Gasteiger partial charge is 0.0595 e. The maximum absolute atomic E-state index is 5.09. The van der Waals surface area contributed by atoms with Gasteiger partial charge in [-0.3, -0.25) is 4.98 Å². The van der Waals surface area contributed by atoms with Gasteiger partial charge >= 0.3 is 0 Å². The second-order valence-corrected chi connectivity index (χ2v) is 5.30. The van der Waals surface area contributed by atoms with Crippen LogP contribution in [0.3, 0.4) is 0 Å². The molecule has 0 aliphatic heterocycles. The number of rotatable bonds is 9. The fraction of sp³-hybridized carbons (Fsp3) is 0.667. The van der Waals surface area contributed by atoms with E-state index in [0.717, 1.165) is 32.7 Å². The van der Waals surface area contributed by atoms with E-state index in [1.165, 1.54) is 11.3 Å². The number of hydrogen-bond acceptors (Lipinski definition) is 4. The quantitative estimate of drug-likeness (QED) is 0.695. The Morgan fingerprint density at radius 3 is 2.89 bits per heavy atom. The Balaban J connectivity index is 2.56. The number of nitrogens with one attached hydrogen (secondary N) is 1. The van der Waals surface area contributed by atoms with Crippen molar-refractivity contribution in [2.75, 3.05) is 38.8 Å². The van der Waals surface area contributed by atoms with Crippen LogP contribution in [0.2, 0.25) is 0 Å². The van der Waals surface area contributed by atoms with Gasteiger partial charge in [0.2, 0.25) is 0 Å². The molecule has 1 N–H and O–H groups in total. The average Bonchev–Trinajstić information content (AvgIpc) is 2.39. The largest absolute Gasteiger partial charge is 0.385 e. The Morgan fingerprint density at radius 2 is 2.21 bits per heavy atom. The summed E-state index contributed by atoms with van der Waals surface area (Å²) in [5.41, 5.74) is 2.51. The first-order valence-electron chi connectivity index (χ1n) is 6.98. The molecule has 0 saturated heterocycles. The summed E-state index contributed by atoms with van der Waals surface area (Å²) >= 11 is 0. The van der Waals surface area contributed by atoms with Gasteiger partial charge in [-0.15, -0.1) is 0 Å². The fourth-order valence-corrected chi connectivity index (χ4v) is 1.97. The molecule has 0 bridgehead atoms. The third kappa shape index (κ3) is 6.03. The topological polar surface area (TPSA) is 37.4 Å². The molecule has 0 unspecified atom stereocenters. The van der Waals surface area contributed by atoms with E-state index in [9.17, 15) is 0 Å². The standard InChI is InChI=1S/C15H27N3O/c1-13(2)10-17-11-14-6-7-16-12-15(14)18(3)8-5-9-19-4/h6-7,12-13,17H,5,8-11H2,1-4H3. The minimum absolute atomic E-state index is 0.671. The summed E-state index contributed by atoms with van der Waals surface area (Å²) in [6.45, 7) is 8.15. The van der Waals surface area contributed by atoms with Crippen molar-refractivity contribution in [1.29, 1.82) is 0 Å². The molecule has 1 aromatic rings. The monoisotopic (exact) mass is 265 g/mol. The van der Waals surface area contributed by atoms with Crippen LogP contribution in [0.25, 0.3) is 0 Å². The number of nitrogens with zero attached hydrogens (tertiary/aromatic N) is 2. The molecule has 0 aliphatic carbocycles. The van der Waals surface area contributed by atoms with Crippen LogP contribution in [-0.4, -0.2) is 38.8 Å². The van der Waals surface area contributed by atoms with Gasteiger partial charge in [0.05, 0.1) is 11.9 Å². The lowest BCUT2D eigenvalue weighted by Crippen LogP contribution is -2.24. The van der Waals surface area contributed by atoms with E-state index >= 15 is 0 Å². The molecule has 0 radical (unpaired) electrons. The molecule has 0 spiro atoms. The summed E-state index contributed by atoms with van der Waals surface area (Å²) in [6.07, 6.45) is 4.83. The molecule has 1 heterocycles.